The molecule has 0 aliphatic carbocycles. The van der Waals surface area contributed by atoms with Gasteiger partial charge in [0.25, 0.3) is 0 Å². The van der Waals surface area contributed by atoms with Gasteiger partial charge in [-0.15, -0.1) is 0 Å². The molecule has 2 rings (SSSR count). The highest BCUT2D eigenvalue weighted by Gasteiger charge is 2.10. The Morgan fingerprint density at radius 2 is 1.73 bits per heavy atom. The fourth-order valence-corrected chi connectivity index (χ4v) is 2.15. The zero-order chi connectivity index (χ0) is 16.1. The largest absolute Gasteiger partial charge is 0.359 e. The van der Waals surface area contributed by atoms with Crippen LogP contribution in [0.3, 0.4) is 0 Å². The number of nitrogens with one attached hydrogen (secondary N) is 2. The zero-order valence-electron chi connectivity index (χ0n) is 11.9. The van der Waals surface area contributed by atoms with Crippen LogP contribution in [0.1, 0.15) is 24.1 Å². The van der Waals surface area contributed by atoms with E-state index in [0.717, 1.165) is 17.7 Å². The highest BCUT2D eigenvalue weighted by molar-refractivity contribution is 7.80. The van der Waals surface area contributed by atoms with Gasteiger partial charge in [-0.05, 0) is 54.5 Å². The standard InChI is InChI=1S/C16H15F3N2S/c1-10(12-4-7-14(18)15(19)8-12)21-16(22)20-9-11-2-5-13(17)6-3-11/h2-8,10H,9H2,1H3,(H2,20,21,22)/t10-/m0/s1. The molecule has 0 aliphatic rings. The first-order valence-corrected chi connectivity index (χ1v) is 7.10. The third-order valence-electron chi connectivity index (χ3n) is 3.16. The average Bonchev–Trinajstić information content (AvgIpc) is 2.49. The van der Waals surface area contributed by atoms with Crippen molar-refractivity contribution in [3.63, 3.8) is 0 Å². The van der Waals surface area contributed by atoms with Crippen LogP contribution in [0.5, 0.6) is 0 Å². The van der Waals surface area contributed by atoms with E-state index in [1.54, 1.807) is 19.1 Å². The first-order chi connectivity index (χ1) is 10.5. The minimum absolute atomic E-state index is 0.275. The van der Waals surface area contributed by atoms with E-state index in [0.29, 0.717) is 17.2 Å². The van der Waals surface area contributed by atoms with E-state index in [2.05, 4.69) is 10.6 Å². The second-order valence-electron chi connectivity index (χ2n) is 4.85. The van der Waals surface area contributed by atoms with E-state index < -0.39 is 11.6 Å². The van der Waals surface area contributed by atoms with Crippen LogP contribution in [0.15, 0.2) is 42.5 Å². The summed E-state index contributed by atoms with van der Waals surface area (Å²) in [5.41, 5.74) is 1.47. The van der Waals surface area contributed by atoms with Gasteiger partial charge in [-0.1, -0.05) is 18.2 Å². The zero-order valence-corrected chi connectivity index (χ0v) is 12.7. The van der Waals surface area contributed by atoms with Crippen LogP contribution in [0.2, 0.25) is 0 Å². The Bertz CT molecular complexity index is 659. The minimum atomic E-state index is -0.892. The average molecular weight is 324 g/mol. The number of thiocarbonyl (C=S) groups is 1. The van der Waals surface area contributed by atoms with E-state index in [4.69, 9.17) is 12.2 Å². The van der Waals surface area contributed by atoms with Gasteiger partial charge in [0, 0.05) is 6.54 Å². The monoisotopic (exact) mass is 324 g/mol. The van der Waals surface area contributed by atoms with Gasteiger partial charge in [0.1, 0.15) is 5.82 Å². The lowest BCUT2D eigenvalue weighted by atomic mass is 10.1. The van der Waals surface area contributed by atoms with Gasteiger partial charge in [0.05, 0.1) is 6.04 Å². The molecule has 0 amide bonds. The van der Waals surface area contributed by atoms with Crippen LogP contribution in [0.4, 0.5) is 13.2 Å². The SMILES string of the molecule is C[C@H](NC(=S)NCc1ccc(F)cc1)c1ccc(F)c(F)c1. The van der Waals surface area contributed by atoms with Gasteiger partial charge in [-0.3, -0.25) is 0 Å². The number of benzene rings is 2. The third kappa shape index (κ3) is 4.46. The van der Waals surface area contributed by atoms with Crippen molar-refractivity contribution in [1.82, 2.24) is 10.6 Å². The molecule has 0 spiro atoms. The molecule has 0 radical (unpaired) electrons. The molecule has 1 atom stereocenters. The molecular weight excluding hydrogens is 309 g/mol. The molecule has 2 aromatic rings. The fourth-order valence-electron chi connectivity index (χ4n) is 1.90. The summed E-state index contributed by atoms with van der Waals surface area (Å²) in [6, 6.07) is 9.50. The van der Waals surface area contributed by atoms with Crippen molar-refractivity contribution >= 4 is 17.3 Å². The van der Waals surface area contributed by atoms with Crippen molar-refractivity contribution in [2.45, 2.75) is 19.5 Å². The molecule has 0 fully saturated rings. The number of hydrogen-bond acceptors (Lipinski definition) is 1. The molecule has 0 heterocycles. The Balaban J connectivity index is 1.88. The third-order valence-corrected chi connectivity index (χ3v) is 3.42. The van der Waals surface area contributed by atoms with Crippen molar-refractivity contribution in [3.8, 4) is 0 Å². The first-order valence-electron chi connectivity index (χ1n) is 6.69. The minimum Gasteiger partial charge on any atom is -0.359 e. The van der Waals surface area contributed by atoms with Crippen molar-refractivity contribution in [3.05, 3.63) is 71.0 Å². The van der Waals surface area contributed by atoms with Crippen LogP contribution >= 0.6 is 12.2 Å². The maximum absolute atomic E-state index is 13.2. The van der Waals surface area contributed by atoms with Crippen LogP contribution in [0, 0.1) is 17.5 Å². The number of hydrogen-bond donors (Lipinski definition) is 2. The summed E-state index contributed by atoms with van der Waals surface area (Å²) in [6.45, 7) is 2.23. The van der Waals surface area contributed by atoms with Gasteiger partial charge in [0.15, 0.2) is 16.7 Å². The lowest BCUT2D eigenvalue weighted by Crippen LogP contribution is -2.36. The Hall–Kier alpha value is -2.08. The van der Waals surface area contributed by atoms with Crippen molar-refractivity contribution < 1.29 is 13.2 Å². The molecule has 22 heavy (non-hydrogen) atoms. The number of halogens is 3. The molecule has 0 bridgehead atoms. The van der Waals surface area contributed by atoms with E-state index in [9.17, 15) is 13.2 Å². The topological polar surface area (TPSA) is 24.1 Å². The normalized spacial score (nSPS) is 11.8. The van der Waals surface area contributed by atoms with Crippen LogP contribution < -0.4 is 10.6 Å². The molecule has 0 saturated carbocycles. The maximum atomic E-state index is 13.2. The van der Waals surface area contributed by atoms with Crippen LogP contribution in [-0.4, -0.2) is 5.11 Å². The summed E-state index contributed by atoms with van der Waals surface area (Å²) >= 11 is 5.15. The van der Waals surface area contributed by atoms with Crippen molar-refractivity contribution in [2.24, 2.45) is 0 Å². The summed E-state index contributed by atoms with van der Waals surface area (Å²) in [6.07, 6.45) is 0. The van der Waals surface area contributed by atoms with E-state index in [-0.39, 0.29) is 11.9 Å². The Morgan fingerprint density at radius 1 is 1.05 bits per heavy atom. The second-order valence-corrected chi connectivity index (χ2v) is 5.26. The molecule has 2 nitrogen and oxygen atoms in total. The molecule has 0 unspecified atom stereocenters. The van der Waals surface area contributed by atoms with Gasteiger partial charge in [0.2, 0.25) is 0 Å². The second kappa shape index (κ2) is 7.26. The summed E-state index contributed by atoms with van der Waals surface area (Å²) in [7, 11) is 0. The Morgan fingerprint density at radius 3 is 2.36 bits per heavy atom. The smallest absolute Gasteiger partial charge is 0.167 e. The van der Waals surface area contributed by atoms with Gasteiger partial charge in [-0.2, -0.15) is 0 Å². The molecule has 6 heteroatoms. The number of rotatable bonds is 4. The maximum Gasteiger partial charge on any atom is 0.167 e. The molecule has 116 valence electrons. The summed E-state index contributed by atoms with van der Waals surface area (Å²) in [5.74, 6) is -2.07. The Labute approximate surface area is 132 Å². The lowest BCUT2D eigenvalue weighted by molar-refractivity contribution is 0.505. The summed E-state index contributed by atoms with van der Waals surface area (Å²) < 4.78 is 38.9. The van der Waals surface area contributed by atoms with Crippen molar-refractivity contribution in [1.29, 1.82) is 0 Å². The summed E-state index contributed by atoms with van der Waals surface area (Å²) in [4.78, 5) is 0. The van der Waals surface area contributed by atoms with Crippen molar-refractivity contribution in [2.75, 3.05) is 0 Å². The highest BCUT2D eigenvalue weighted by atomic mass is 32.1. The fraction of sp³-hybridized carbons (Fsp3) is 0.188. The van der Waals surface area contributed by atoms with Crippen LogP contribution in [0.25, 0.3) is 0 Å². The first kappa shape index (κ1) is 16.3. The summed E-state index contributed by atoms with van der Waals surface area (Å²) in [5, 5.41) is 6.33. The predicted molar refractivity (Wildman–Crippen MR) is 83.7 cm³/mol. The van der Waals surface area contributed by atoms with E-state index in [1.165, 1.54) is 18.2 Å². The van der Waals surface area contributed by atoms with E-state index >= 15 is 0 Å². The lowest BCUT2D eigenvalue weighted by Gasteiger charge is -2.17. The van der Waals surface area contributed by atoms with Crippen LogP contribution in [-0.2, 0) is 6.54 Å². The molecule has 2 N–H and O–H groups in total. The molecule has 0 aromatic heterocycles. The Kier molecular flexibility index (Phi) is 5.38. The highest BCUT2D eigenvalue weighted by Crippen LogP contribution is 2.15. The van der Waals surface area contributed by atoms with Gasteiger partial charge >= 0.3 is 0 Å². The quantitative estimate of drug-likeness (QED) is 0.836. The predicted octanol–water partition coefficient (Wildman–Crippen LogP) is 3.83. The van der Waals surface area contributed by atoms with Gasteiger partial charge < -0.3 is 10.6 Å². The molecular formula is C16H15F3N2S. The molecule has 0 aliphatic heterocycles. The van der Waals surface area contributed by atoms with Gasteiger partial charge in [-0.25, -0.2) is 13.2 Å². The molecule has 0 saturated heterocycles. The van der Waals surface area contributed by atoms with E-state index in [1.807, 2.05) is 0 Å². The molecule has 2 aromatic carbocycles.